The molecular weight excluding hydrogens is 268 g/mol. The minimum Gasteiger partial charge on any atom is -0.481 e. The third-order valence-corrected chi connectivity index (χ3v) is 4.63. The van der Waals surface area contributed by atoms with Crippen LogP contribution < -0.4 is 10.6 Å². The second-order valence-electron chi connectivity index (χ2n) is 6.34. The maximum Gasteiger partial charge on any atom is 0.308 e. The van der Waals surface area contributed by atoms with E-state index in [0.29, 0.717) is 6.42 Å². The number of hydrogen-bond donors (Lipinski definition) is 2. The minimum atomic E-state index is -0.909. The Kier molecular flexibility index (Phi) is 3.24. The highest BCUT2D eigenvalue weighted by Gasteiger charge is 2.47. The summed E-state index contributed by atoms with van der Waals surface area (Å²) in [5, 5.41) is 9.32. The Bertz CT molecular complexity index is 593. The molecule has 3 N–H and O–H groups in total. The monoisotopic (exact) mass is 288 g/mol. The van der Waals surface area contributed by atoms with Crippen LogP contribution in [0.3, 0.4) is 0 Å². The number of para-hydroxylation sites is 1. The van der Waals surface area contributed by atoms with E-state index in [1.165, 1.54) is 0 Å². The van der Waals surface area contributed by atoms with Crippen LogP contribution in [0.25, 0.3) is 0 Å². The lowest BCUT2D eigenvalue weighted by molar-refractivity contribution is -0.141. The lowest BCUT2D eigenvalue weighted by Gasteiger charge is -2.37. The Labute approximate surface area is 123 Å². The molecule has 2 atom stereocenters. The van der Waals surface area contributed by atoms with Crippen LogP contribution in [-0.2, 0) is 16.0 Å². The molecule has 1 aromatic rings. The number of carbonyl (C=O) groups excluding carboxylic acids is 1. The molecule has 5 nitrogen and oxygen atoms in total. The van der Waals surface area contributed by atoms with Gasteiger partial charge in [0.15, 0.2) is 0 Å². The van der Waals surface area contributed by atoms with Gasteiger partial charge in [-0.3, -0.25) is 9.59 Å². The summed E-state index contributed by atoms with van der Waals surface area (Å²) in [6.45, 7) is 1.96. The number of fused-ring (bicyclic) bond motifs is 1. The minimum absolute atomic E-state index is 0.164. The molecule has 1 aromatic carbocycles. The standard InChI is InChI=1S/C16H20N2O3/c1-16(17,12-6-7-12)15(21)18-9-11(14(19)20)8-10-4-2-3-5-13(10)18/h2-5,11-12H,6-9,17H2,1H3,(H,19,20). The van der Waals surface area contributed by atoms with E-state index in [1.807, 2.05) is 24.3 Å². The molecule has 0 bridgehead atoms. The molecule has 2 unspecified atom stereocenters. The maximum absolute atomic E-state index is 12.8. The maximum atomic E-state index is 12.8. The molecule has 0 saturated heterocycles. The van der Waals surface area contributed by atoms with Crippen molar-refractivity contribution in [1.82, 2.24) is 0 Å². The zero-order valence-electron chi connectivity index (χ0n) is 12.1. The summed E-state index contributed by atoms with van der Waals surface area (Å²) in [4.78, 5) is 25.8. The van der Waals surface area contributed by atoms with Gasteiger partial charge < -0.3 is 15.7 Å². The van der Waals surface area contributed by atoms with E-state index in [2.05, 4.69) is 0 Å². The zero-order chi connectivity index (χ0) is 15.2. The van der Waals surface area contributed by atoms with E-state index in [0.717, 1.165) is 24.1 Å². The Morgan fingerprint density at radius 3 is 2.62 bits per heavy atom. The Morgan fingerprint density at radius 1 is 1.33 bits per heavy atom. The number of rotatable bonds is 3. The molecule has 1 aliphatic heterocycles. The van der Waals surface area contributed by atoms with Crippen LogP contribution in [-0.4, -0.2) is 29.1 Å². The molecule has 1 heterocycles. The molecule has 1 fully saturated rings. The van der Waals surface area contributed by atoms with Gasteiger partial charge in [0.2, 0.25) is 5.91 Å². The first-order valence-electron chi connectivity index (χ1n) is 7.33. The van der Waals surface area contributed by atoms with Gasteiger partial charge in [-0.2, -0.15) is 0 Å². The summed E-state index contributed by atoms with van der Waals surface area (Å²) < 4.78 is 0. The molecule has 2 aliphatic rings. The van der Waals surface area contributed by atoms with Crippen molar-refractivity contribution in [3.63, 3.8) is 0 Å². The largest absolute Gasteiger partial charge is 0.481 e. The van der Waals surface area contributed by atoms with Gasteiger partial charge in [-0.15, -0.1) is 0 Å². The smallest absolute Gasteiger partial charge is 0.308 e. The van der Waals surface area contributed by atoms with E-state index in [1.54, 1.807) is 11.8 Å². The number of carbonyl (C=O) groups is 2. The van der Waals surface area contributed by atoms with Crippen LogP contribution in [0.15, 0.2) is 24.3 Å². The summed E-state index contributed by atoms with van der Waals surface area (Å²) in [6, 6.07) is 7.49. The van der Waals surface area contributed by atoms with Gasteiger partial charge in [0, 0.05) is 12.2 Å². The van der Waals surface area contributed by atoms with Crippen molar-refractivity contribution in [2.24, 2.45) is 17.6 Å². The number of hydrogen-bond acceptors (Lipinski definition) is 3. The highest BCUT2D eigenvalue weighted by Crippen LogP contribution is 2.41. The third-order valence-electron chi connectivity index (χ3n) is 4.63. The Balaban J connectivity index is 1.96. The van der Waals surface area contributed by atoms with Gasteiger partial charge in [-0.1, -0.05) is 18.2 Å². The van der Waals surface area contributed by atoms with E-state index >= 15 is 0 Å². The number of aliphatic carboxylic acids is 1. The summed E-state index contributed by atoms with van der Waals surface area (Å²) >= 11 is 0. The van der Waals surface area contributed by atoms with Crippen molar-refractivity contribution in [3.8, 4) is 0 Å². The first-order chi connectivity index (χ1) is 9.91. The quantitative estimate of drug-likeness (QED) is 0.880. The highest BCUT2D eigenvalue weighted by atomic mass is 16.4. The van der Waals surface area contributed by atoms with Gasteiger partial charge in [-0.25, -0.2) is 0 Å². The number of nitrogens with two attached hydrogens (primary N) is 1. The van der Waals surface area contributed by atoms with Crippen LogP contribution in [0.4, 0.5) is 5.69 Å². The predicted octanol–water partition coefficient (Wildman–Crippen LogP) is 1.40. The first kappa shape index (κ1) is 14.1. The molecule has 0 aromatic heterocycles. The van der Waals surface area contributed by atoms with Crippen LogP contribution >= 0.6 is 0 Å². The van der Waals surface area contributed by atoms with Gasteiger partial charge >= 0.3 is 5.97 Å². The number of carboxylic acid groups (broad SMARTS) is 1. The fourth-order valence-corrected chi connectivity index (χ4v) is 3.10. The van der Waals surface area contributed by atoms with E-state index < -0.39 is 17.4 Å². The topological polar surface area (TPSA) is 83.6 Å². The second-order valence-corrected chi connectivity index (χ2v) is 6.34. The van der Waals surface area contributed by atoms with Crippen LogP contribution in [0.5, 0.6) is 0 Å². The molecule has 1 amide bonds. The fraction of sp³-hybridized carbons (Fsp3) is 0.500. The number of anilines is 1. The number of carboxylic acids is 1. The van der Waals surface area contributed by atoms with Gasteiger partial charge in [-0.05, 0) is 43.7 Å². The van der Waals surface area contributed by atoms with Gasteiger partial charge in [0.05, 0.1) is 11.5 Å². The summed E-state index contributed by atoms with van der Waals surface area (Å²) in [6.07, 6.45) is 2.40. The van der Waals surface area contributed by atoms with E-state index in [-0.39, 0.29) is 18.4 Å². The van der Waals surface area contributed by atoms with Crippen molar-refractivity contribution in [2.75, 3.05) is 11.4 Å². The summed E-state index contributed by atoms with van der Waals surface area (Å²) in [5.41, 5.74) is 7.03. The van der Waals surface area contributed by atoms with Crippen molar-refractivity contribution in [3.05, 3.63) is 29.8 Å². The number of nitrogens with zero attached hydrogens (tertiary/aromatic N) is 1. The molecule has 21 heavy (non-hydrogen) atoms. The van der Waals surface area contributed by atoms with Crippen LogP contribution in [0.2, 0.25) is 0 Å². The first-order valence-corrected chi connectivity index (χ1v) is 7.33. The van der Waals surface area contributed by atoms with Crippen molar-refractivity contribution in [2.45, 2.75) is 31.7 Å². The van der Waals surface area contributed by atoms with Crippen LogP contribution in [0, 0.1) is 11.8 Å². The van der Waals surface area contributed by atoms with Crippen molar-refractivity contribution < 1.29 is 14.7 Å². The normalized spacial score (nSPS) is 24.1. The molecular formula is C16H20N2O3. The molecule has 5 heteroatoms. The molecule has 1 saturated carbocycles. The van der Waals surface area contributed by atoms with Gasteiger partial charge in [0.25, 0.3) is 0 Å². The van der Waals surface area contributed by atoms with Gasteiger partial charge in [0.1, 0.15) is 0 Å². The third kappa shape index (κ3) is 2.42. The molecule has 112 valence electrons. The summed E-state index contributed by atoms with van der Waals surface area (Å²) in [7, 11) is 0. The highest BCUT2D eigenvalue weighted by molar-refractivity contribution is 6.02. The lowest BCUT2D eigenvalue weighted by atomic mass is 9.89. The molecule has 3 rings (SSSR count). The zero-order valence-corrected chi connectivity index (χ0v) is 12.1. The lowest BCUT2D eigenvalue weighted by Crippen LogP contribution is -2.57. The SMILES string of the molecule is CC(N)(C(=O)N1CC(C(=O)O)Cc2ccccc21)C1CC1. The second kappa shape index (κ2) is 4.84. The summed E-state index contributed by atoms with van der Waals surface area (Å²) in [5.74, 6) is -1.39. The fourth-order valence-electron chi connectivity index (χ4n) is 3.10. The van der Waals surface area contributed by atoms with E-state index in [4.69, 9.17) is 5.73 Å². The number of amides is 1. The average molecular weight is 288 g/mol. The molecule has 0 radical (unpaired) electrons. The average Bonchev–Trinajstić information content (AvgIpc) is 3.30. The van der Waals surface area contributed by atoms with Crippen molar-refractivity contribution >= 4 is 17.6 Å². The van der Waals surface area contributed by atoms with E-state index in [9.17, 15) is 14.7 Å². The molecule has 0 spiro atoms. The van der Waals surface area contributed by atoms with Crippen molar-refractivity contribution in [1.29, 1.82) is 0 Å². The Morgan fingerprint density at radius 2 is 2.00 bits per heavy atom. The molecule has 1 aliphatic carbocycles. The van der Waals surface area contributed by atoms with Crippen LogP contribution in [0.1, 0.15) is 25.3 Å². The number of benzene rings is 1. The Hall–Kier alpha value is -1.88. The predicted molar refractivity (Wildman–Crippen MR) is 78.9 cm³/mol.